The molecule has 26 heavy (non-hydrogen) atoms. The number of anilines is 1. The van der Waals surface area contributed by atoms with Crippen LogP contribution >= 0.6 is 0 Å². The molecule has 0 amide bonds. The fraction of sp³-hybridized carbons (Fsp3) is 0.280. The minimum atomic E-state index is 0.0876. The predicted octanol–water partition coefficient (Wildman–Crippen LogP) is 6.31. The summed E-state index contributed by atoms with van der Waals surface area (Å²) in [4.78, 5) is 0. The Labute approximate surface area is 157 Å². The van der Waals surface area contributed by atoms with E-state index in [9.17, 15) is 0 Å². The number of nitrogens with two attached hydrogens (primary N) is 1. The largest absolute Gasteiger partial charge is 0.398 e. The lowest BCUT2D eigenvalue weighted by Gasteiger charge is -2.27. The molecule has 134 valence electrons. The van der Waals surface area contributed by atoms with Crippen molar-refractivity contribution >= 4 is 5.69 Å². The van der Waals surface area contributed by atoms with E-state index < -0.39 is 0 Å². The molecule has 1 nitrogen and oxygen atoms in total. The van der Waals surface area contributed by atoms with Gasteiger partial charge in [-0.05, 0) is 39.7 Å². The van der Waals surface area contributed by atoms with Crippen LogP contribution in [0.2, 0.25) is 0 Å². The molecule has 0 saturated carbocycles. The van der Waals surface area contributed by atoms with Crippen LogP contribution in [-0.2, 0) is 11.8 Å². The van der Waals surface area contributed by atoms with Crippen molar-refractivity contribution in [3.63, 3.8) is 0 Å². The van der Waals surface area contributed by atoms with E-state index in [2.05, 4.69) is 100 Å². The van der Waals surface area contributed by atoms with Crippen LogP contribution < -0.4 is 5.73 Å². The van der Waals surface area contributed by atoms with Crippen LogP contribution in [0.25, 0.3) is 0 Å². The smallest absolute Gasteiger partial charge is 0.0388 e. The predicted molar refractivity (Wildman–Crippen MR) is 113 cm³/mol. The summed E-state index contributed by atoms with van der Waals surface area (Å²) >= 11 is 0. The second-order valence-electron chi connectivity index (χ2n) is 8.00. The van der Waals surface area contributed by atoms with Gasteiger partial charge in [0.2, 0.25) is 0 Å². The van der Waals surface area contributed by atoms with Gasteiger partial charge in [0.05, 0.1) is 0 Å². The summed E-state index contributed by atoms with van der Waals surface area (Å²) in [6.45, 7) is 8.98. The van der Waals surface area contributed by atoms with Crippen LogP contribution in [0.4, 0.5) is 5.69 Å². The Kier molecular flexibility index (Phi) is 5.18. The Hall–Kier alpha value is -2.54. The molecule has 0 aromatic heterocycles. The van der Waals surface area contributed by atoms with Crippen molar-refractivity contribution in [2.45, 2.75) is 45.4 Å². The molecule has 0 bridgehead atoms. The molecule has 0 atom stereocenters. The molecule has 0 aliphatic heterocycles. The molecule has 0 spiro atoms. The molecule has 3 rings (SSSR count). The average Bonchev–Trinajstić information content (AvgIpc) is 2.64. The number of hydrogen-bond acceptors (Lipinski definition) is 1. The first-order valence-electron chi connectivity index (χ1n) is 9.44. The van der Waals surface area contributed by atoms with Gasteiger partial charge >= 0.3 is 0 Å². The molecule has 0 unspecified atom stereocenters. The first kappa shape index (κ1) is 18.3. The molecule has 0 heterocycles. The van der Waals surface area contributed by atoms with Crippen molar-refractivity contribution in [2.24, 2.45) is 0 Å². The molecule has 3 aromatic rings. The maximum Gasteiger partial charge on any atom is 0.0388 e. The number of aryl methyl sites for hydroxylation is 1. The Morgan fingerprint density at radius 3 is 1.73 bits per heavy atom. The summed E-state index contributed by atoms with van der Waals surface area (Å²) in [6.07, 6.45) is 0.944. The van der Waals surface area contributed by atoms with Gasteiger partial charge in [-0.2, -0.15) is 0 Å². The van der Waals surface area contributed by atoms with E-state index in [1.165, 1.54) is 27.8 Å². The molecule has 2 N–H and O–H groups in total. The highest BCUT2D eigenvalue weighted by molar-refractivity contribution is 5.62. The van der Waals surface area contributed by atoms with Gasteiger partial charge in [0.1, 0.15) is 0 Å². The average molecular weight is 344 g/mol. The van der Waals surface area contributed by atoms with E-state index in [-0.39, 0.29) is 11.3 Å². The normalized spacial score (nSPS) is 11.7. The monoisotopic (exact) mass is 343 g/mol. The number of hydrogen-bond donors (Lipinski definition) is 1. The fourth-order valence-electron chi connectivity index (χ4n) is 3.54. The molecule has 0 fully saturated rings. The van der Waals surface area contributed by atoms with Crippen LogP contribution in [0.1, 0.15) is 61.4 Å². The Balaban J connectivity index is 2.28. The summed E-state index contributed by atoms with van der Waals surface area (Å²) in [7, 11) is 0. The maximum absolute atomic E-state index is 6.68. The van der Waals surface area contributed by atoms with Gasteiger partial charge in [-0.15, -0.1) is 0 Å². The highest BCUT2D eigenvalue weighted by Gasteiger charge is 2.24. The zero-order chi connectivity index (χ0) is 18.7. The van der Waals surface area contributed by atoms with E-state index >= 15 is 0 Å². The summed E-state index contributed by atoms with van der Waals surface area (Å²) in [6, 6.07) is 26.0. The SMILES string of the molecule is CCc1cc(C(C)(C)C)cc(C(c2ccccc2)c2ccccc2)c1N. The first-order valence-corrected chi connectivity index (χ1v) is 9.44. The summed E-state index contributed by atoms with van der Waals surface area (Å²) < 4.78 is 0. The van der Waals surface area contributed by atoms with Crippen molar-refractivity contribution in [1.82, 2.24) is 0 Å². The molecular weight excluding hydrogens is 314 g/mol. The lowest BCUT2D eigenvalue weighted by Crippen LogP contribution is -2.16. The number of benzene rings is 3. The van der Waals surface area contributed by atoms with Crippen molar-refractivity contribution in [1.29, 1.82) is 0 Å². The zero-order valence-electron chi connectivity index (χ0n) is 16.3. The molecule has 0 aliphatic carbocycles. The number of rotatable bonds is 4. The number of nitrogen functional groups attached to an aromatic ring is 1. The Morgan fingerprint density at radius 1 is 0.808 bits per heavy atom. The van der Waals surface area contributed by atoms with Gasteiger partial charge in [0.25, 0.3) is 0 Å². The summed E-state index contributed by atoms with van der Waals surface area (Å²) in [5.74, 6) is 0.144. The maximum atomic E-state index is 6.68. The Bertz CT molecular complexity index is 818. The van der Waals surface area contributed by atoms with Crippen LogP contribution in [0, 0.1) is 0 Å². The standard InChI is InChI=1S/C25H29N/c1-5-18-16-21(25(2,3)4)17-22(24(18)26)23(19-12-8-6-9-13-19)20-14-10-7-11-15-20/h6-17,23H,5,26H2,1-4H3. The highest BCUT2D eigenvalue weighted by Crippen LogP contribution is 2.39. The third kappa shape index (κ3) is 3.67. The Morgan fingerprint density at radius 2 is 1.31 bits per heavy atom. The van der Waals surface area contributed by atoms with Crippen molar-refractivity contribution in [3.8, 4) is 0 Å². The summed E-state index contributed by atoms with van der Waals surface area (Å²) in [5.41, 5.74) is 14.0. The van der Waals surface area contributed by atoms with Crippen molar-refractivity contribution < 1.29 is 0 Å². The van der Waals surface area contributed by atoms with E-state index in [1.54, 1.807) is 0 Å². The van der Waals surface area contributed by atoms with Gasteiger partial charge < -0.3 is 5.73 Å². The van der Waals surface area contributed by atoms with Crippen LogP contribution in [-0.4, -0.2) is 0 Å². The van der Waals surface area contributed by atoms with E-state index in [0.717, 1.165) is 12.1 Å². The van der Waals surface area contributed by atoms with E-state index in [1.807, 2.05) is 0 Å². The minimum Gasteiger partial charge on any atom is -0.398 e. The topological polar surface area (TPSA) is 26.0 Å². The highest BCUT2D eigenvalue weighted by atomic mass is 14.6. The van der Waals surface area contributed by atoms with E-state index in [0.29, 0.717) is 0 Å². The second kappa shape index (κ2) is 7.37. The lowest BCUT2D eigenvalue weighted by molar-refractivity contribution is 0.588. The van der Waals surface area contributed by atoms with Gasteiger partial charge in [0, 0.05) is 11.6 Å². The fourth-order valence-corrected chi connectivity index (χ4v) is 3.54. The van der Waals surface area contributed by atoms with E-state index in [4.69, 9.17) is 5.73 Å². The molecule has 3 aromatic carbocycles. The molecule has 0 radical (unpaired) electrons. The molecule has 0 saturated heterocycles. The molecular formula is C25H29N. The molecule has 1 heteroatoms. The van der Waals surface area contributed by atoms with Crippen molar-refractivity contribution in [2.75, 3.05) is 5.73 Å². The van der Waals surface area contributed by atoms with Crippen LogP contribution in [0.3, 0.4) is 0 Å². The van der Waals surface area contributed by atoms with Crippen LogP contribution in [0.5, 0.6) is 0 Å². The third-order valence-corrected chi connectivity index (χ3v) is 5.12. The second-order valence-corrected chi connectivity index (χ2v) is 8.00. The molecule has 0 aliphatic rings. The minimum absolute atomic E-state index is 0.0876. The van der Waals surface area contributed by atoms with Gasteiger partial charge in [-0.25, -0.2) is 0 Å². The third-order valence-electron chi connectivity index (χ3n) is 5.12. The summed E-state index contributed by atoms with van der Waals surface area (Å²) in [5, 5.41) is 0. The van der Waals surface area contributed by atoms with Gasteiger partial charge in [-0.1, -0.05) is 100 Å². The quantitative estimate of drug-likeness (QED) is 0.436. The zero-order valence-corrected chi connectivity index (χ0v) is 16.3. The first-order chi connectivity index (χ1) is 12.4. The lowest BCUT2D eigenvalue weighted by atomic mass is 9.78. The van der Waals surface area contributed by atoms with Crippen LogP contribution in [0.15, 0.2) is 72.8 Å². The van der Waals surface area contributed by atoms with Gasteiger partial charge in [-0.3, -0.25) is 0 Å². The van der Waals surface area contributed by atoms with Crippen molar-refractivity contribution in [3.05, 3.63) is 101 Å². The van der Waals surface area contributed by atoms with Gasteiger partial charge in [0.15, 0.2) is 0 Å².